The molecule has 0 aliphatic rings. The summed E-state index contributed by atoms with van der Waals surface area (Å²) in [6.45, 7) is 0. The maximum Gasteiger partial charge on any atom is 0.331 e. The standard InChI is InChI=1S/C13H14N4O2/c1-16(2)12(18)10-4-3-5-11(8-10)15-13(19)17-7-6-14-9-17/h3-9H,1-2H3,(H,15,19). The molecular weight excluding hydrogens is 244 g/mol. The highest BCUT2D eigenvalue weighted by atomic mass is 16.2. The van der Waals surface area contributed by atoms with Crippen LogP contribution >= 0.6 is 0 Å². The molecule has 2 amide bonds. The molecule has 0 aliphatic carbocycles. The highest BCUT2D eigenvalue weighted by Gasteiger charge is 2.09. The molecular formula is C13H14N4O2. The summed E-state index contributed by atoms with van der Waals surface area (Å²) in [7, 11) is 3.36. The average Bonchev–Trinajstić information content (AvgIpc) is 2.92. The van der Waals surface area contributed by atoms with Gasteiger partial charge in [-0.1, -0.05) is 6.07 Å². The molecule has 0 fully saturated rings. The number of benzene rings is 1. The van der Waals surface area contributed by atoms with Crippen LogP contribution in [0.15, 0.2) is 43.0 Å². The lowest BCUT2D eigenvalue weighted by molar-refractivity contribution is 0.0827. The number of carbonyl (C=O) groups is 2. The summed E-state index contributed by atoms with van der Waals surface area (Å²) in [6.07, 6.45) is 4.47. The fourth-order valence-corrected chi connectivity index (χ4v) is 1.56. The summed E-state index contributed by atoms with van der Waals surface area (Å²) in [5, 5.41) is 2.69. The Morgan fingerprint density at radius 1 is 1.32 bits per heavy atom. The van der Waals surface area contributed by atoms with Crippen molar-refractivity contribution in [2.75, 3.05) is 19.4 Å². The normalized spacial score (nSPS) is 10.0. The van der Waals surface area contributed by atoms with Crippen LogP contribution in [0.1, 0.15) is 10.4 Å². The number of rotatable bonds is 2. The van der Waals surface area contributed by atoms with Crippen molar-refractivity contribution in [1.29, 1.82) is 0 Å². The van der Waals surface area contributed by atoms with Gasteiger partial charge in [0.05, 0.1) is 0 Å². The van der Waals surface area contributed by atoms with Crippen LogP contribution < -0.4 is 5.32 Å². The van der Waals surface area contributed by atoms with E-state index >= 15 is 0 Å². The molecule has 2 aromatic rings. The van der Waals surface area contributed by atoms with Gasteiger partial charge in [0, 0.05) is 37.7 Å². The summed E-state index contributed by atoms with van der Waals surface area (Å²) in [6, 6.07) is 6.46. The Hall–Kier alpha value is -2.63. The molecule has 1 N–H and O–H groups in total. The van der Waals surface area contributed by atoms with Crippen LogP contribution in [-0.4, -0.2) is 40.5 Å². The minimum absolute atomic E-state index is 0.112. The van der Waals surface area contributed by atoms with E-state index in [2.05, 4.69) is 10.3 Å². The van der Waals surface area contributed by atoms with Gasteiger partial charge in [0.2, 0.25) is 0 Å². The molecule has 0 atom stereocenters. The van der Waals surface area contributed by atoms with Crippen LogP contribution in [0.5, 0.6) is 0 Å². The smallest absolute Gasteiger partial charge is 0.331 e. The first-order valence-electron chi connectivity index (χ1n) is 5.69. The molecule has 0 saturated heterocycles. The summed E-state index contributed by atoms with van der Waals surface area (Å²) in [5.41, 5.74) is 1.08. The fraction of sp³-hybridized carbons (Fsp3) is 0.154. The van der Waals surface area contributed by atoms with E-state index in [9.17, 15) is 9.59 Å². The number of aromatic nitrogens is 2. The number of imidazole rings is 1. The van der Waals surface area contributed by atoms with Gasteiger partial charge in [0.15, 0.2) is 0 Å². The largest absolute Gasteiger partial charge is 0.345 e. The molecule has 1 aromatic heterocycles. The quantitative estimate of drug-likeness (QED) is 0.890. The van der Waals surface area contributed by atoms with Crippen molar-refractivity contribution in [1.82, 2.24) is 14.5 Å². The molecule has 19 heavy (non-hydrogen) atoms. The van der Waals surface area contributed by atoms with Gasteiger partial charge in [-0.2, -0.15) is 0 Å². The molecule has 6 nitrogen and oxygen atoms in total. The number of carbonyl (C=O) groups excluding carboxylic acids is 2. The molecule has 0 saturated carbocycles. The summed E-state index contributed by atoms with van der Waals surface area (Å²) < 4.78 is 1.32. The molecule has 2 rings (SSSR count). The third kappa shape index (κ3) is 2.98. The van der Waals surface area contributed by atoms with Crippen molar-refractivity contribution in [3.8, 4) is 0 Å². The van der Waals surface area contributed by atoms with Crippen LogP contribution in [0.4, 0.5) is 10.5 Å². The van der Waals surface area contributed by atoms with Gasteiger partial charge in [0.1, 0.15) is 6.33 Å². The third-order valence-corrected chi connectivity index (χ3v) is 2.51. The zero-order valence-electron chi connectivity index (χ0n) is 10.7. The minimum atomic E-state index is -0.327. The number of nitrogens with one attached hydrogen (secondary N) is 1. The molecule has 1 aromatic carbocycles. The van der Waals surface area contributed by atoms with E-state index in [0.717, 1.165) is 0 Å². The lowest BCUT2D eigenvalue weighted by atomic mass is 10.2. The number of anilines is 1. The van der Waals surface area contributed by atoms with Crippen molar-refractivity contribution in [3.63, 3.8) is 0 Å². The first-order valence-corrected chi connectivity index (χ1v) is 5.69. The lowest BCUT2D eigenvalue weighted by Crippen LogP contribution is -2.22. The van der Waals surface area contributed by atoms with Gasteiger partial charge >= 0.3 is 6.03 Å². The average molecular weight is 258 g/mol. The fourth-order valence-electron chi connectivity index (χ4n) is 1.56. The van der Waals surface area contributed by atoms with Crippen molar-refractivity contribution < 1.29 is 9.59 Å². The predicted octanol–water partition coefficient (Wildman–Crippen LogP) is 1.67. The van der Waals surface area contributed by atoms with Gasteiger partial charge in [-0.15, -0.1) is 0 Å². The van der Waals surface area contributed by atoms with Crippen molar-refractivity contribution in [3.05, 3.63) is 48.5 Å². The molecule has 0 spiro atoms. The Bertz CT molecular complexity index is 590. The molecule has 0 bridgehead atoms. The Morgan fingerprint density at radius 2 is 2.11 bits per heavy atom. The molecule has 98 valence electrons. The summed E-state index contributed by atoms with van der Waals surface area (Å²) >= 11 is 0. The van der Waals surface area contributed by atoms with E-state index in [-0.39, 0.29) is 11.9 Å². The maximum absolute atomic E-state index is 11.8. The van der Waals surface area contributed by atoms with Crippen LogP contribution in [0, 0.1) is 0 Å². The zero-order valence-corrected chi connectivity index (χ0v) is 10.7. The van der Waals surface area contributed by atoms with Crippen molar-refractivity contribution >= 4 is 17.6 Å². The second-order valence-corrected chi connectivity index (χ2v) is 4.18. The molecule has 0 radical (unpaired) electrons. The molecule has 0 unspecified atom stereocenters. The van der Waals surface area contributed by atoms with E-state index in [4.69, 9.17) is 0 Å². The third-order valence-electron chi connectivity index (χ3n) is 2.51. The van der Waals surface area contributed by atoms with E-state index in [1.807, 2.05) is 0 Å². The summed E-state index contributed by atoms with van der Waals surface area (Å²) in [5.74, 6) is -0.112. The van der Waals surface area contributed by atoms with Crippen molar-refractivity contribution in [2.45, 2.75) is 0 Å². The number of hydrogen-bond acceptors (Lipinski definition) is 3. The predicted molar refractivity (Wildman–Crippen MR) is 71.1 cm³/mol. The van der Waals surface area contributed by atoms with Gasteiger partial charge in [0.25, 0.3) is 5.91 Å². The van der Waals surface area contributed by atoms with Crippen LogP contribution in [0.2, 0.25) is 0 Å². The Kier molecular flexibility index (Phi) is 3.61. The monoisotopic (exact) mass is 258 g/mol. The first-order chi connectivity index (χ1) is 9.08. The lowest BCUT2D eigenvalue weighted by Gasteiger charge is -2.11. The first kappa shape index (κ1) is 12.8. The van der Waals surface area contributed by atoms with Crippen LogP contribution in [0.25, 0.3) is 0 Å². The van der Waals surface area contributed by atoms with Crippen LogP contribution in [0.3, 0.4) is 0 Å². The van der Waals surface area contributed by atoms with Gasteiger partial charge < -0.3 is 10.2 Å². The minimum Gasteiger partial charge on any atom is -0.345 e. The zero-order chi connectivity index (χ0) is 13.8. The van der Waals surface area contributed by atoms with E-state index in [1.165, 1.54) is 22.0 Å². The van der Waals surface area contributed by atoms with E-state index in [1.54, 1.807) is 44.6 Å². The van der Waals surface area contributed by atoms with E-state index < -0.39 is 0 Å². The number of nitrogens with zero attached hydrogens (tertiary/aromatic N) is 3. The second-order valence-electron chi connectivity index (χ2n) is 4.18. The van der Waals surface area contributed by atoms with Crippen molar-refractivity contribution in [2.24, 2.45) is 0 Å². The second kappa shape index (κ2) is 5.34. The highest BCUT2D eigenvalue weighted by molar-refractivity contribution is 5.97. The Balaban J connectivity index is 2.16. The Morgan fingerprint density at radius 3 is 2.74 bits per heavy atom. The molecule has 0 aliphatic heterocycles. The van der Waals surface area contributed by atoms with Gasteiger partial charge in [-0.05, 0) is 18.2 Å². The SMILES string of the molecule is CN(C)C(=O)c1cccc(NC(=O)n2ccnc2)c1. The van der Waals surface area contributed by atoms with Gasteiger partial charge in [-0.25, -0.2) is 9.78 Å². The van der Waals surface area contributed by atoms with Crippen LogP contribution in [-0.2, 0) is 0 Å². The highest BCUT2D eigenvalue weighted by Crippen LogP contribution is 2.12. The number of amides is 2. The number of hydrogen-bond donors (Lipinski definition) is 1. The van der Waals surface area contributed by atoms with E-state index in [0.29, 0.717) is 11.3 Å². The topological polar surface area (TPSA) is 67.2 Å². The summed E-state index contributed by atoms with van der Waals surface area (Å²) in [4.78, 5) is 28.9. The Labute approximate surface area is 110 Å². The van der Waals surface area contributed by atoms with Gasteiger partial charge in [-0.3, -0.25) is 9.36 Å². The molecule has 6 heteroatoms. The molecule has 1 heterocycles. The maximum atomic E-state index is 11.8.